The third-order valence-corrected chi connectivity index (χ3v) is 5.95. The molecule has 1 unspecified atom stereocenters. The second-order valence-electron chi connectivity index (χ2n) is 5.74. The summed E-state index contributed by atoms with van der Waals surface area (Å²) in [4.78, 5) is 25.5. The minimum absolute atomic E-state index is 0.0279. The number of sulfone groups is 1. The Morgan fingerprint density at radius 2 is 1.95 bits per heavy atom. The highest BCUT2D eigenvalue weighted by molar-refractivity contribution is 7.92. The molecule has 0 radical (unpaired) electrons. The zero-order valence-electron chi connectivity index (χ0n) is 12.9. The van der Waals surface area contributed by atoms with Crippen LogP contribution in [0.15, 0.2) is 29.2 Å². The van der Waals surface area contributed by atoms with Gasteiger partial charge in [0.05, 0.1) is 21.8 Å². The Labute approximate surface area is 130 Å². The fourth-order valence-electron chi connectivity index (χ4n) is 2.38. The molecule has 0 aliphatic carbocycles. The van der Waals surface area contributed by atoms with Crippen LogP contribution >= 0.6 is 0 Å². The van der Waals surface area contributed by atoms with E-state index in [2.05, 4.69) is 5.32 Å². The third kappa shape index (κ3) is 3.14. The fourth-order valence-corrected chi connectivity index (χ4v) is 3.62. The highest BCUT2D eigenvalue weighted by Crippen LogP contribution is 2.21. The van der Waals surface area contributed by atoms with Gasteiger partial charge in [-0.1, -0.05) is 12.1 Å². The van der Waals surface area contributed by atoms with Crippen molar-refractivity contribution in [2.45, 2.75) is 36.5 Å². The van der Waals surface area contributed by atoms with E-state index in [1.165, 1.54) is 12.1 Å². The maximum atomic E-state index is 12.4. The minimum atomic E-state index is -3.55. The third-order valence-electron chi connectivity index (χ3n) is 3.74. The van der Waals surface area contributed by atoms with E-state index in [0.29, 0.717) is 6.54 Å². The second kappa shape index (κ2) is 6.08. The number of benzene rings is 1. The normalized spacial score (nSPS) is 18.8. The van der Waals surface area contributed by atoms with Gasteiger partial charge in [-0.3, -0.25) is 9.59 Å². The number of rotatable bonds is 4. The molecule has 0 saturated carbocycles. The summed E-state index contributed by atoms with van der Waals surface area (Å²) in [7, 11) is -1.87. The molecule has 1 N–H and O–H groups in total. The Balaban J connectivity index is 2.26. The number of hydrogen-bond acceptors (Lipinski definition) is 4. The van der Waals surface area contributed by atoms with Crippen LogP contribution in [0.2, 0.25) is 0 Å². The van der Waals surface area contributed by atoms with Gasteiger partial charge < -0.3 is 10.2 Å². The van der Waals surface area contributed by atoms with Crippen molar-refractivity contribution in [2.24, 2.45) is 0 Å². The number of likely N-dealkylation sites (N-methyl/N-ethyl adjacent to an activating group) is 1. The van der Waals surface area contributed by atoms with Gasteiger partial charge in [0.1, 0.15) is 0 Å². The Morgan fingerprint density at radius 1 is 1.32 bits per heavy atom. The molecule has 2 rings (SSSR count). The zero-order valence-corrected chi connectivity index (χ0v) is 13.7. The molecule has 1 saturated heterocycles. The Hall–Kier alpha value is -1.89. The van der Waals surface area contributed by atoms with Crippen LogP contribution in [0, 0.1) is 0 Å². The average Bonchev–Trinajstić information content (AvgIpc) is 2.77. The number of hydrogen-bond donors (Lipinski definition) is 1. The van der Waals surface area contributed by atoms with Crippen LogP contribution in [0.1, 0.15) is 30.6 Å². The molecule has 120 valence electrons. The van der Waals surface area contributed by atoms with E-state index in [-0.39, 0.29) is 28.8 Å². The summed E-state index contributed by atoms with van der Waals surface area (Å²) in [6.07, 6.45) is 0.237. The van der Waals surface area contributed by atoms with Crippen molar-refractivity contribution < 1.29 is 18.0 Å². The molecule has 1 aliphatic rings. The first-order valence-corrected chi connectivity index (χ1v) is 8.66. The van der Waals surface area contributed by atoms with E-state index < -0.39 is 21.0 Å². The highest BCUT2D eigenvalue weighted by Gasteiger charge is 2.30. The van der Waals surface area contributed by atoms with Gasteiger partial charge in [0.25, 0.3) is 5.91 Å². The highest BCUT2D eigenvalue weighted by atomic mass is 32.2. The molecular weight excluding hydrogens is 304 g/mol. The maximum Gasteiger partial charge on any atom is 0.252 e. The molecule has 1 atom stereocenters. The first kappa shape index (κ1) is 16.5. The molecule has 6 nitrogen and oxygen atoms in total. The number of nitrogens with zero attached hydrogens (tertiary/aromatic N) is 1. The van der Waals surface area contributed by atoms with Crippen LogP contribution in [0.25, 0.3) is 0 Å². The van der Waals surface area contributed by atoms with Gasteiger partial charge in [0, 0.05) is 20.0 Å². The lowest BCUT2D eigenvalue weighted by atomic mass is 10.2. The summed E-state index contributed by atoms with van der Waals surface area (Å²) in [6, 6.07) is 5.86. The van der Waals surface area contributed by atoms with Gasteiger partial charge in [0.2, 0.25) is 5.91 Å². The molecule has 2 amide bonds. The van der Waals surface area contributed by atoms with Crippen LogP contribution in [0.3, 0.4) is 0 Å². The van der Waals surface area contributed by atoms with Gasteiger partial charge >= 0.3 is 0 Å². The van der Waals surface area contributed by atoms with Crippen LogP contribution in [-0.2, 0) is 14.6 Å². The molecule has 1 aromatic rings. The minimum Gasteiger partial charge on any atom is -0.347 e. The Kier molecular flexibility index (Phi) is 4.55. The predicted octanol–water partition coefficient (Wildman–Crippen LogP) is 0.829. The maximum absolute atomic E-state index is 12.4. The molecule has 1 aromatic carbocycles. The summed E-state index contributed by atoms with van der Waals surface area (Å²) < 4.78 is 24.7. The first-order chi connectivity index (χ1) is 10.2. The summed E-state index contributed by atoms with van der Waals surface area (Å²) in [5.74, 6) is -0.499. The second-order valence-corrected chi connectivity index (χ2v) is 8.21. The van der Waals surface area contributed by atoms with E-state index >= 15 is 0 Å². The van der Waals surface area contributed by atoms with Crippen molar-refractivity contribution in [3.63, 3.8) is 0 Å². The zero-order chi connectivity index (χ0) is 16.5. The van der Waals surface area contributed by atoms with Gasteiger partial charge in [-0.15, -0.1) is 0 Å². The SMILES string of the molecule is CC(C)S(=O)(=O)c1ccccc1C(=O)NC1CC(=O)N(C)C1. The standard InChI is InChI=1S/C15H20N2O4S/c1-10(2)22(20,21)13-7-5-4-6-12(13)15(19)16-11-8-14(18)17(3)9-11/h4-7,10-11H,8-9H2,1-3H3,(H,16,19). The van der Waals surface area contributed by atoms with Crippen LogP contribution in [0.4, 0.5) is 0 Å². The van der Waals surface area contributed by atoms with Crippen molar-refractivity contribution in [1.29, 1.82) is 0 Å². The lowest BCUT2D eigenvalue weighted by Gasteiger charge is -2.15. The van der Waals surface area contributed by atoms with E-state index in [9.17, 15) is 18.0 Å². The van der Waals surface area contributed by atoms with Crippen LogP contribution < -0.4 is 5.32 Å². The topological polar surface area (TPSA) is 83.5 Å². The van der Waals surface area contributed by atoms with E-state index in [1.54, 1.807) is 37.9 Å². The Bertz CT molecular complexity index is 697. The molecule has 1 aliphatic heterocycles. The predicted molar refractivity (Wildman–Crippen MR) is 82.3 cm³/mol. The van der Waals surface area contributed by atoms with Gasteiger partial charge in [-0.25, -0.2) is 8.42 Å². The molecule has 7 heteroatoms. The number of amides is 2. The quantitative estimate of drug-likeness (QED) is 0.889. The van der Waals surface area contributed by atoms with E-state index in [1.807, 2.05) is 0 Å². The summed E-state index contributed by atoms with van der Waals surface area (Å²) >= 11 is 0. The van der Waals surface area contributed by atoms with Crippen molar-refractivity contribution in [3.05, 3.63) is 29.8 Å². The lowest BCUT2D eigenvalue weighted by molar-refractivity contribution is -0.126. The number of carbonyl (C=O) groups excluding carboxylic acids is 2. The number of nitrogens with one attached hydrogen (secondary N) is 1. The average molecular weight is 324 g/mol. The monoisotopic (exact) mass is 324 g/mol. The summed E-state index contributed by atoms with van der Waals surface area (Å²) in [5, 5.41) is 2.13. The Morgan fingerprint density at radius 3 is 2.50 bits per heavy atom. The molecule has 1 fully saturated rings. The van der Waals surface area contributed by atoms with Crippen LogP contribution in [-0.4, -0.2) is 50.0 Å². The smallest absolute Gasteiger partial charge is 0.252 e. The fraction of sp³-hybridized carbons (Fsp3) is 0.467. The van der Waals surface area contributed by atoms with Gasteiger partial charge in [0.15, 0.2) is 9.84 Å². The van der Waals surface area contributed by atoms with Crippen LogP contribution in [0.5, 0.6) is 0 Å². The molecule has 0 spiro atoms. The van der Waals surface area contributed by atoms with E-state index in [0.717, 1.165) is 0 Å². The molecule has 22 heavy (non-hydrogen) atoms. The number of carbonyl (C=O) groups is 2. The summed E-state index contributed by atoms with van der Waals surface area (Å²) in [6.45, 7) is 3.59. The first-order valence-electron chi connectivity index (χ1n) is 7.11. The molecular formula is C15H20N2O4S. The van der Waals surface area contributed by atoms with Gasteiger partial charge in [-0.05, 0) is 26.0 Å². The van der Waals surface area contributed by atoms with Crippen molar-refractivity contribution in [1.82, 2.24) is 10.2 Å². The van der Waals surface area contributed by atoms with Gasteiger partial charge in [-0.2, -0.15) is 0 Å². The lowest BCUT2D eigenvalue weighted by Crippen LogP contribution is -2.37. The van der Waals surface area contributed by atoms with Crippen molar-refractivity contribution >= 4 is 21.7 Å². The molecule has 0 aromatic heterocycles. The number of likely N-dealkylation sites (tertiary alicyclic amines) is 1. The van der Waals surface area contributed by atoms with Crippen molar-refractivity contribution in [3.8, 4) is 0 Å². The van der Waals surface area contributed by atoms with E-state index in [4.69, 9.17) is 0 Å². The largest absolute Gasteiger partial charge is 0.347 e. The van der Waals surface area contributed by atoms with Crippen molar-refractivity contribution in [2.75, 3.05) is 13.6 Å². The molecule has 1 heterocycles. The molecule has 0 bridgehead atoms. The summed E-state index contributed by atoms with van der Waals surface area (Å²) in [5.41, 5.74) is 0.123.